The van der Waals surface area contributed by atoms with Gasteiger partial charge in [-0.05, 0) is 73.9 Å². The van der Waals surface area contributed by atoms with Crippen LogP contribution < -0.4 is 9.47 Å². The Morgan fingerprint density at radius 1 is 1.00 bits per heavy atom. The number of carbonyl (C=O) groups excluding carboxylic acids is 1. The lowest BCUT2D eigenvalue weighted by Crippen LogP contribution is -2.06. The molecule has 0 aliphatic heterocycles. The molecule has 0 bridgehead atoms. The van der Waals surface area contributed by atoms with Crippen LogP contribution in [0.4, 0.5) is 0 Å². The van der Waals surface area contributed by atoms with E-state index < -0.39 is 0 Å². The Hall–Kier alpha value is -2.33. The number of carbonyl (C=O) groups is 1. The molecule has 0 heterocycles. The fourth-order valence-corrected chi connectivity index (χ4v) is 3.30. The van der Waals surface area contributed by atoms with Crippen molar-refractivity contribution in [3.05, 3.63) is 77.1 Å². The third-order valence-corrected chi connectivity index (χ3v) is 4.70. The molecule has 0 unspecified atom stereocenters. The Labute approximate surface area is 162 Å². The number of rotatable bonds is 6. The maximum atomic E-state index is 12.0. The molecule has 0 fully saturated rings. The Balaban J connectivity index is 1.72. The normalized spacial score (nSPS) is 13.3. The monoisotopic (exact) mass is 412 g/mol. The molecule has 4 heteroatoms. The number of ketones is 1. The van der Waals surface area contributed by atoms with Gasteiger partial charge in [0.05, 0.1) is 5.33 Å². The quantitative estimate of drug-likeness (QED) is 0.413. The predicted molar refractivity (Wildman–Crippen MR) is 108 cm³/mol. The van der Waals surface area contributed by atoms with E-state index in [2.05, 4.69) is 22.0 Å². The first-order valence-corrected chi connectivity index (χ1v) is 9.71. The minimum Gasteiger partial charge on any atom is -0.462 e. The van der Waals surface area contributed by atoms with Gasteiger partial charge in [-0.3, -0.25) is 4.79 Å². The van der Waals surface area contributed by atoms with E-state index in [-0.39, 0.29) is 5.78 Å². The SMILES string of the molecule is Cc1cc(Oc2ccc(OC3=CC=CCC3)cc2)cc(C)c1C(=O)CBr. The summed E-state index contributed by atoms with van der Waals surface area (Å²) in [5.41, 5.74) is 2.59. The largest absolute Gasteiger partial charge is 0.462 e. The zero-order chi connectivity index (χ0) is 18.5. The number of hydrogen-bond donors (Lipinski definition) is 0. The van der Waals surface area contributed by atoms with Gasteiger partial charge in [0.25, 0.3) is 0 Å². The van der Waals surface area contributed by atoms with Crippen LogP contribution in [0.15, 0.2) is 60.4 Å². The van der Waals surface area contributed by atoms with Gasteiger partial charge in [0.1, 0.15) is 23.0 Å². The average Bonchev–Trinajstić information content (AvgIpc) is 2.63. The summed E-state index contributed by atoms with van der Waals surface area (Å²) in [6.07, 6.45) is 8.08. The van der Waals surface area contributed by atoms with Crippen molar-refractivity contribution in [2.45, 2.75) is 26.7 Å². The lowest BCUT2D eigenvalue weighted by Gasteiger charge is -2.13. The van der Waals surface area contributed by atoms with Crippen LogP contribution in [0.5, 0.6) is 17.2 Å². The molecule has 0 atom stereocenters. The van der Waals surface area contributed by atoms with Gasteiger partial charge in [-0.15, -0.1) is 0 Å². The highest BCUT2D eigenvalue weighted by Crippen LogP contribution is 2.29. The van der Waals surface area contributed by atoms with Crippen molar-refractivity contribution in [3.63, 3.8) is 0 Å². The van der Waals surface area contributed by atoms with Gasteiger partial charge >= 0.3 is 0 Å². The molecule has 0 spiro atoms. The fraction of sp³-hybridized carbons (Fsp3) is 0.227. The number of allylic oxidation sites excluding steroid dienone is 4. The van der Waals surface area contributed by atoms with Gasteiger partial charge in [-0.1, -0.05) is 28.1 Å². The summed E-state index contributed by atoms with van der Waals surface area (Å²) in [5, 5.41) is 0.322. The molecule has 0 amide bonds. The number of alkyl halides is 1. The molecule has 1 aliphatic carbocycles. The highest BCUT2D eigenvalue weighted by Gasteiger charge is 2.13. The number of benzene rings is 2. The first kappa shape index (κ1) is 18.5. The molecule has 3 nitrogen and oxygen atoms in total. The first-order valence-electron chi connectivity index (χ1n) is 8.58. The molecule has 0 aromatic heterocycles. The molecule has 0 saturated heterocycles. The molecule has 0 saturated carbocycles. The molecule has 0 radical (unpaired) electrons. The standard InChI is InChI=1S/C22H21BrO3/c1-15-12-20(13-16(2)22(15)21(24)14-23)26-19-10-8-18(9-11-19)25-17-6-4-3-5-7-17/h3-4,6,8-13H,5,7,14H2,1-2H3. The Morgan fingerprint density at radius 3 is 2.15 bits per heavy atom. The van der Waals surface area contributed by atoms with E-state index in [1.54, 1.807) is 0 Å². The molecule has 0 N–H and O–H groups in total. The number of aryl methyl sites for hydroxylation is 2. The maximum Gasteiger partial charge on any atom is 0.173 e. The molecule has 26 heavy (non-hydrogen) atoms. The minimum atomic E-state index is 0.0833. The first-order chi connectivity index (χ1) is 12.6. The number of halogens is 1. The third-order valence-electron chi connectivity index (χ3n) is 4.19. The van der Waals surface area contributed by atoms with Crippen LogP contribution in [-0.2, 0) is 0 Å². The molecule has 3 rings (SSSR count). The Bertz CT molecular complexity index is 840. The van der Waals surface area contributed by atoms with Gasteiger partial charge in [-0.25, -0.2) is 0 Å². The van der Waals surface area contributed by atoms with Crippen LogP contribution in [0.3, 0.4) is 0 Å². The zero-order valence-electron chi connectivity index (χ0n) is 14.9. The van der Waals surface area contributed by atoms with Crippen molar-refractivity contribution in [1.29, 1.82) is 0 Å². The van der Waals surface area contributed by atoms with Crippen molar-refractivity contribution in [2.75, 3.05) is 5.33 Å². The predicted octanol–water partition coefficient (Wildman–Crippen LogP) is 6.29. The van der Waals surface area contributed by atoms with Crippen molar-refractivity contribution in [3.8, 4) is 17.2 Å². The highest BCUT2D eigenvalue weighted by molar-refractivity contribution is 9.09. The molecule has 2 aromatic rings. The summed E-state index contributed by atoms with van der Waals surface area (Å²) in [4.78, 5) is 12.0. The zero-order valence-corrected chi connectivity index (χ0v) is 16.5. The second kappa shape index (κ2) is 8.37. The number of Topliss-reactive ketones (excluding diaryl/α,β-unsaturated/α-hetero) is 1. The van der Waals surface area contributed by atoms with Gasteiger partial charge in [0.2, 0.25) is 0 Å². The van der Waals surface area contributed by atoms with Crippen LogP contribution in [0.2, 0.25) is 0 Å². The molecule has 2 aromatic carbocycles. The number of hydrogen-bond acceptors (Lipinski definition) is 3. The van der Waals surface area contributed by atoms with Crippen molar-refractivity contribution >= 4 is 21.7 Å². The van der Waals surface area contributed by atoms with Crippen molar-refractivity contribution < 1.29 is 14.3 Å². The van der Waals surface area contributed by atoms with E-state index in [1.165, 1.54) is 0 Å². The molecule has 134 valence electrons. The second-order valence-corrected chi connectivity index (χ2v) is 6.82. The maximum absolute atomic E-state index is 12.0. The smallest absolute Gasteiger partial charge is 0.173 e. The van der Waals surface area contributed by atoms with Gasteiger partial charge in [0.15, 0.2) is 5.78 Å². The van der Waals surface area contributed by atoms with Crippen LogP contribution in [0.1, 0.15) is 34.3 Å². The molecular formula is C22H21BrO3. The second-order valence-electron chi connectivity index (χ2n) is 6.26. The van der Waals surface area contributed by atoms with Crippen LogP contribution in [-0.4, -0.2) is 11.1 Å². The summed E-state index contributed by atoms with van der Waals surface area (Å²) in [6.45, 7) is 3.86. The van der Waals surface area contributed by atoms with Gasteiger partial charge in [-0.2, -0.15) is 0 Å². The highest BCUT2D eigenvalue weighted by atomic mass is 79.9. The lowest BCUT2D eigenvalue weighted by atomic mass is 9.99. The van der Waals surface area contributed by atoms with E-state index in [4.69, 9.17) is 9.47 Å². The van der Waals surface area contributed by atoms with Crippen molar-refractivity contribution in [1.82, 2.24) is 0 Å². The topological polar surface area (TPSA) is 35.5 Å². The summed E-state index contributed by atoms with van der Waals surface area (Å²) in [7, 11) is 0. The lowest BCUT2D eigenvalue weighted by molar-refractivity contribution is 0.102. The third kappa shape index (κ3) is 4.44. The van der Waals surface area contributed by atoms with Crippen LogP contribution in [0.25, 0.3) is 0 Å². The summed E-state index contributed by atoms with van der Waals surface area (Å²) in [5.74, 6) is 3.30. The van der Waals surface area contributed by atoms with E-state index >= 15 is 0 Å². The van der Waals surface area contributed by atoms with E-state index in [0.29, 0.717) is 5.33 Å². The summed E-state index contributed by atoms with van der Waals surface area (Å²) >= 11 is 3.23. The van der Waals surface area contributed by atoms with Crippen LogP contribution >= 0.6 is 15.9 Å². The van der Waals surface area contributed by atoms with E-state index in [0.717, 1.165) is 52.5 Å². The average molecular weight is 413 g/mol. The Kier molecular flexibility index (Phi) is 5.94. The summed E-state index contributed by atoms with van der Waals surface area (Å²) < 4.78 is 11.8. The molecule has 1 aliphatic rings. The molecular weight excluding hydrogens is 392 g/mol. The van der Waals surface area contributed by atoms with Gasteiger partial charge < -0.3 is 9.47 Å². The van der Waals surface area contributed by atoms with E-state index in [1.807, 2.05) is 62.4 Å². The van der Waals surface area contributed by atoms with Crippen LogP contribution in [0, 0.1) is 13.8 Å². The Morgan fingerprint density at radius 2 is 1.62 bits per heavy atom. The van der Waals surface area contributed by atoms with Gasteiger partial charge in [0, 0.05) is 12.0 Å². The fourth-order valence-electron chi connectivity index (χ4n) is 3.02. The number of ether oxygens (including phenoxy) is 2. The van der Waals surface area contributed by atoms with Crippen molar-refractivity contribution in [2.24, 2.45) is 0 Å². The summed E-state index contributed by atoms with van der Waals surface area (Å²) in [6, 6.07) is 11.4. The minimum absolute atomic E-state index is 0.0833. The van der Waals surface area contributed by atoms with E-state index in [9.17, 15) is 4.79 Å².